The molecule has 0 bridgehead atoms. The molecule has 0 atom stereocenters. The number of amides is 5. The molecule has 1 aliphatic heterocycles. The number of imide groups is 2. The molecule has 0 saturated carbocycles. The number of halogens is 1. The minimum atomic E-state index is -0.840. The van der Waals surface area contributed by atoms with Crippen molar-refractivity contribution in [1.82, 2.24) is 5.32 Å². The highest BCUT2D eigenvalue weighted by Gasteiger charge is 2.36. The average Bonchev–Trinajstić information content (AvgIpc) is 2.87. The van der Waals surface area contributed by atoms with E-state index in [9.17, 15) is 19.2 Å². The van der Waals surface area contributed by atoms with Gasteiger partial charge >= 0.3 is 6.03 Å². The van der Waals surface area contributed by atoms with E-state index in [4.69, 9.17) is 21.1 Å². The summed E-state index contributed by atoms with van der Waals surface area (Å²) in [7, 11) is 1.50. The van der Waals surface area contributed by atoms with Crippen LogP contribution in [0, 0.1) is 0 Å². The molecule has 182 valence electrons. The van der Waals surface area contributed by atoms with Gasteiger partial charge in [-0.1, -0.05) is 23.7 Å². The first-order valence-electron chi connectivity index (χ1n) is 10.7. The molecule has 0 radical (unpaired) electrons. The lowest BCUT2D eigenvalue weighted by Crippen LogP contribution is -2.54. The molecule has 0 unspecified atom stereocenters. The Morgan fingerprint density at radius 2 is 1.58 bits per heavy atom. The fourth-order valence-electron chi connectivity index (χ4n) is 3.33. The zero-order chi connectivity index (χ0) is 25.7. The van der Waals surface area contributed by atoms with Gasteiger partial charge in [-0.2, -0.15) is 0 Å². The normalized spacial score (nSPS) is 14.4. The molecule has 2 N–H and O–H groups in total. The molecule has 3 aromatic rings. The summed E-state index contributed by atoms with van der Waals surface area (Å²) in [6, 6.07) is 18.5. The van der Waals surface area contributed by atoms with Gasteiger partial charge in [0.1, 0.15) is 17.1 Å². The van der Waals surface area contributed by atoms with Gasteiger partial charge in [-0.25, -0.2) is 9.69 Å². The van der Waals surface area contributed by atoms with Gasteiger partial charge in [-0.15, -0.1) is 0 Å². The van der Waals surface area contributed by atoms with Gasteiger partial charge in [-0.3, -0.25) is 19.7 Å². The van der Waals surface area contributed by atoms with E-state index in [-0.39, 0.29) is 23.8 Å². The Bertz CT molecular complexity index is 1340. The predicted octanol–water partition coefficient (Wildman–Crippen LogP) is 4.03. The van der Waals surface area contributed by atoms with Crippen LogP contribution in [0.3, 0.4) is 0 Å². The summed E-state index contributed by atoms with van der Waals surface area (Å²) in [6.45, 7) is -0.219. The Morgan fingerprint density at radius 3 is 2.22 bits per heavy atom. The van der Waals surface area contributed by atoms with Crippen molar-refractivity contribution in [3.63, 3.8) is 0 Å². The number of urea groups is 1. The first-order valence-corrected chi connectivity index (χ1v) is 11.1. The molecule has 9 nitrogen and oxygen atoms in total. The predicted molar refractivity (Wildman–Crippen MR) is 134 cm³/mol. The van der Waals surface area contributed by atoms with Crippen molar-refractivity contribution < 1.29 is 28.7 Å². The quantitative estimate of drug-likeness (QED) is 0.370. The summed E-state index contributed by atoms with van der Waals surface area (Å²) in [5.41, 5.74) is 1.20. The molecular formula is C26H20ClN3O6. The molecule has 10 heteroatoms. The summed E-state index contributed by atoms with van der Waals surface area (Å²) in [5.74, 6) is -0.934. The smallest absolute Gasteiger partial charge is 0.335 e. The topological polar surface area (TPSA) is 114 Å². The molecule has 1 heterocycles. The lowest BCUT2D eigenvalue weighted by molar-refractivity contribution is -0.122. The number of ether oxygens (including phenoxy) is 2. The van der Waals surface area contributed by atoms with Crippen molar-refractivity contribution in [1.29, 1.82) is 0 Å². The van der Waals surface area contributed by atoms with E-state index >= 15 is 0 Å². The number of nitrogens with zero attached hydrogens (tertiary/aromatic N) is 1. The number of hydrogen-bond donors (Lipinski definition) is 2. The van der Waals surface area contributed by atoms with E-state index in [0.717, 1.165) is 4.90 Å². The first-order chi connectivity index (χ1) is 17.3. The monoisotopic (exact) mass is 505 g/mol. The molecule has 0 aromatic heterocycles. The highest BCUT2D eigenvalue weighted by atomic mass is 35.5. The van der Waals surface area contributed by atoms with Crippen LogP contribution in [0.1, 0.15) is 5.56 Å². The minimum absolute atomic E-state index is 0.207. The van der Waals surface area contributed by atoms with Crippen molar-refractivity contribution in [2.45, 2.75) is 0 Å². The van der Waals surface area contributed by atoms with Crippen molar-refractivity contribution in [3.8, 4) is 11.5 Å². The number of benzene rings is 3. The van der Waals surface area contributed by atoms with E-state index in [1.54, 1.807) is 72.8 Å². The van der Waals surface area contributed by atoms with Crippen molar-refractivity contribution in [2.24, 2.45) is 0 Å². The molecule has 36 heavy (non-hydrogen) atoms. The standard InChI is InChI=1S/C26H20ClN3O6/c1-35-20-12-8-19(9-13-20)30-25(33)22(24(32)29-26(30)34)14-16-2-10-21(11-3-16)36-15-23(31)28-18-6-4-17(27)5-7-18/h2-14H,15H2,1H3,(H,28,31)(H,29,32,34)/b22-14+. The summed E-state index contributed by atoms with van der Waals surface area (Å²) < 4.78 is 10.6. The van der Waals surface area contributed by atoms with E-state index in [2.05, 4.69) is 10.6 Å². The number of carbonyl (C=O) groups excluding carboxylic acids is 4. The molecule has 4 rings (SSSR count). The summed E-state index contributed by atoms with van der Waals surface area (Å²) in [4.78, 5) is 50.6. The number of methoxy groups -OCH3 is 1. The van der Waals surface area contributed by atoms with Crippen LogP contribution < -0.4 is 25.0 Å². The first kappa shape index (κ1) is 24.5. The van der Waals surface area contributed by atoms with E-state index in [0.29, 0.717) is 27.8 Å². The van der Waals surface area contributed by atoms with E-state index in [1.807, 2.05) is 0 Å². The zero-order valence-corrected chi connectivity index (χ0v) is 19.7. The lowest BCUT2D eigenvalue weighted by Gasteiger charge is -2.26. The molecule has 1 aliphatic rings. The maximum absolute atomic E-state index is 13.0. The second kappa shape index (κ2) is 10.7. The maximum Gasteiger partial charge on any atom is 0.335 e. The van der Waals surface area contributed by atoms with Crippen molar-refractivity contribution in [2.75, 3.05) is 23.9 Å². The summed E-state index contributed by atoms with van der Waals surface area (Å²) >= 11 is 5.83. The molecular weight excluding hydrogens is 486 g/mol. The molecule has 0 aliphatic carbocycles. The van der Waals surface area contributed by atoms with E-state index in [1.165, 1.54) is 13.2 Å². The molecule has 1 saturated heterocycles. The SMILES string of the molecule is COc1ccc(N2C(=O)NC(=O)/C(=C\c3ccc(OCC(=O)Nc4ccc(Cl)cc4)cc3)C2=O)cc1. The van der Waals surface area contributed by atoms with Gasteiger partial charge in [0.15, 0.2) is 6.61 Å². The fourth-order valence-corrected chi connectivity index (χ4v) is 3.46. The van der Waals surface area contributed by atoms with Crippen LogP contribution in [0.15, 0.2) is 78.4 Å². The number of rotatable bonds is 7. The average molecular weight is 506 g/mol. The summed E-state index contributed by atoms with van der Waals surface area (Å²) in [6.07, 6.45) is 1.37. The van der Waals surface area contributed by atoms with Crippen molar-refractivity contribution in [3.05, 3.63) is 89.0 Å². The molecule has 1 fully saturated rings. The molecule has 3 aromatic carbocycles. The minimum Gasteiger partial charge on any atom is -0.497 e. The van der Waals surface area contributed by atoms with Gasteiger partial charge < -0.3 is 14.8 Å². The molecule has 0 spiro atoms. The lowest BCUT2D eigenvalue weighted by atomic mass is 10.1. The Morgan fingerprint density at radius 1 is 0.944 bits per heavy atom. The largest absolute Gasteiger partial charge is 0.497 e. The Kier molecular flexibility index (Phi) is 7.31. The Balaban J connectivity index is 1.42. The third-order valence-corrected chi connectivity index (χ3v) is 5.37. The summed E-state index contributed by atoms with van der Waals surface area (Å²) in [5, 5.41) is 5.43. The van der Waals surface area contributed by atoms with Gasteiger partial charge in [0, 0.05) is 10.7 Å². The number of barbiturate groups is 1. The number of nitrogens with one attached hydrogen (secondary N) is 2. The van der Waals surface area contributed by atoms with Crippen LogP contribution in [-0.4, -0.2) is 37.5 Å². The van der Waals surface area contributed by atoms with Gasteiger partial charge in [0.05, 0.1) is 12.8 Å². The third-order valence-electron chi connectivity index (χ3n) is 5.12. The van der Waals surface area contributed by atoms with Crippen LogP contribution in [0.2, 0.25) is 5.02 Å². The second-order valence-corrected chi connectivity index (χ2v) is 8.01. The number of hydrogen-bond acceptors (Lipinski definition) is 6. The van der Waals surface area contributed by atoms with Crippen LogP contribution in [0.4, 0.5) is 16.2 Å². The fraction of sp³-hybridized carbons (Fsp3) is 0.0769. The molecule has 5 amide bonds. The van der Waals surface area contributed by atoms with Crippen molar-refractivity contribution >= 4 is 52.8 Å². The number of anilines is 2. The highest BCUT2D eigenvalue weighted by Crippen LogP contribution is 2.24. The Labute approximate surface area is 211 Å². The van der Waals surface area contributed by atoms with E-state index < -0.39 is 17.8 Å². The van der Waals surface area contributed by atoms with Gasteiger partial charge in [0.25, 0.3) is 17.7 Å². The van der Waals surface area contributed by atoms with Gasteiger partial charge in [0.2, 0.25) is 0 Å². The van der Waals surface area contributed by atoms with Gasteiger partial charge in [-0.05, 0) is 72.3 Å². The highest BCUT2D eigenvalue weighted by molar-refractivity contribution is 6.39. The number of carbonyl (C=O) groups is 4. The zero-order valence-electron chi connectivity index (χ0n) is 19.0. The third kappa shape index (κ3) is 5.70. The van der Waals surface area contributed by atoms with Crippen LogP contribution >= 0.6 is 11.6 Å². The van der Waals surface area contributed by atoms with Crippen LogP contribution in [-0.2, 0) is 14.4 Å². The Hall–Kier alpha value is -4.63. The second-order valence-electron chi connectivity index (χ2n) is 7.57. The van der Waals surface area contributed by atoms with Crippen LogP contribution in [0.5, 0.6) is 11.5 Å². The van der Waals surface area contributed by atoms with Crippen LogP contribution in [0.25, 0.3) is 6.08 Å². The maximum atomic E-state index is 13.0.